The number of halogens is 4. The lowest BCUT2D eigenvalue weighted by atomic mass is 9.94. The first-order valence-corrected chi connectivity index (χ1v) is 9.88. The Morgan fingerprint density at radius 2 is 1.88 bits per heavy atom. The van der Waals surface area contributed by atoms with Gasteiger partial charge in [0.25, 0.3) is 11.8 Å². The molecule has 0 radical (unpaired) electrons. The summed E-state index contributed by atoms with van der Waals surface area (Å²) in [4.78, 5) is 37.5. The molecule has 3 aromatic rings. The lowest BCUT2D eigenvalue weighted by Crippen LogP contribution is -2.53. The SMILES string of the molecule is O=C1NC(=O)[C@@](CNC(=O)c2ccc(F)cc2-c2ccc(Cl)cc2)(c2ccnn2C(F)F)N1. The largest absolute Gasteiger partial charge is 0.349 e. The van der Waals surface area contributed by atoms with Crippen molar-refractivity contribution >= 4 is 29.4 Å². The second kappa shape index (κ2) is 8.58. The Kier molecular flexibility index (Phi) is 5.81. The molecule has 0 saturated carbocycles. The fourth-order valence-corrected chi connectivity index (χ4v) is 3.71. The Labute approximate surface area is 189 Å². The molecule has 4 amide bonds. The molecule has 1 aromatic heterocycles. The van der Waals surface area contributed by atoms with Crippen LogP contribution < -0.4 is 16.0 Å². The minimum absolute atomic E-state index is 0.0565. The van der Waals surface area contributed by atoms with Crippen LogP contribution in [0.3, 0.4) is 0 Å². The van der Waals surface area contributed by atoms with Gasteiger partial charge in [0.05, 0.1) is 12.2 Å². The van der Waals surface area contributed by atoms with Crippen molar-refractivity contribution in [3.63, 3.8) is 0 Å². The van der Waals surface area contributed by atoms with Crippen LogP contribution >= 0.6 is 11.6 Å². The summed E-state index contributed by atoms with van der Waals surface area (Å²) in [7, 11) is 0. The van der Waals surface area contributed by atoms with Crippen molar-refractivity contribution in [1.82, 2.24) is 25.7 Å². The zero-order valence-electron chi connectivity index (χ0n) is 16.6. The molecular weight excluding hydrogens is 463 g/mol. The van der Waals surface area contributed by atoms with Crippen LogP contribution in [0.1, 0.15) is 22.6 Å². The topological polar surface area (TPSA) is 105 Å². The second-order valence-corrected chi connectivity index (χ2v) is 7.57. The van der Waals surface area contributed by atoms with Crippen LogP contribution in [0.15, 0.2) is 54.7 Å². The monoisotopic (exact) mass is 477 g/mol. The number of carbonyl (C=O) groups excluding carboxylic acids is 3. The first-order valence-electron chi connectivity index (χ1n) is 9.51. The first kappa shape index (κ1) is 22.3. The number of benzene rings is 2. The summed E-state index contributed by atoms with van der Waals surface area (Å²) in [5.41, 5.74) is -1.54. The molecule has 4 rings (SSSR count). The van der Waals surface area contributed by atoms with Crippen LogP contribution in [0.4, 0.5) is 18.0 Å². The van der Waals surface area contributed by atoms with E-state index in [0.717, 1.165) is 24.4 Å². The average molecular weight is 478 g/mol. The Balaban J connectivity index is 1.67. The summed E-state index contributed by atoms with van der Waals surface area (Å²) < 4.78 is 41.0. The molecule has 0 aliphatic carbocycles. The van der Waals surface area contributed by atoms with Gasteiger partial charge in [0, 0.05) is 16.8 Å². The number of carbonyl (C=O) groups is 3. The number of alkyl halides is 2. The van der Waals surface area contributed by atoms with E-state index in [1.54, 1.807) is 24.3 Å². The van der Waals surface area contributed by atoms with Gasteiger partial charge in [-0.3, -0.25) is 14.9 Å². The molecule has 0 spiro atoms. The van der Waals surface area contributed by atoms with Crippen LogP contribution in [0.5, 0.6) is 0 Å². The van der Waals surface area contributed by atoms with Crippen LogP contribution in [0, 0.1) is 5.82 Å². The van der Waals surface area contributed by atoms with Crippen LogP contribution in [-0.2, 0) is 10.3 Å². The summed E-state index contributed by atoms with van der Waals surface area (Å²) in [6, 6.07) is 10.1. The van der Waals surface area contributed by atoms with E-state index in [2.05, 4.69) is 15.7 Å². The smallest absolute Gasteiger partial charge is 0.333 e. The maximum Gasteiger partial charge on any atom is 0.333 e. The van der Waals surface area contributed by atoms with Gasteiger partial charge in [0.1, 0.15) is 5.82 Å². The van der Waals surface area contributed by atoms with Crippen molar-refractivity contribution in [3.8, 4) is 11.1 Å². The van der Waals surface area contributed by atoms with E-state index in [1.165, 1.54) is 6.07 Å². The molecule has 3 N–H and O–H groups in total. The Morgan fingerprint density at radius 1 is 1.15 bits per heavy atom. The minimum atomic E-state index is -3.10. The van der Waals surface area contributed by atoms with Crippen molar-refractivity contribution in [2.45, 2.75) is 12.1 Å². The number of rotatable bonds is 6. The highest BCUT2D eigenvalue weighted by atomic mass is 35.5. The van der Waals surface area contributed by atoms with Gasteiger partial charge in [0.2, 0.25) is 0 Å². The number of nitrogens with zero attached hydrogens (tertiary/aromatic N) is 2. The number of hydrogen-bond donors (Lipinski definition) is 3. The summed E-state index contributed by atoms with van der Waals surface area (Å²) >= 11 is 5.89. The molecule has 8 nitrogen and oxygen atoms in total. The predicted molar refractivity (Wildman–Crippen MR) is 111 cm³/mol. The summed E-state index contributed by atoms with van der Waals surface area (Å²) in [6.07, 6.45) is 1.04. The van der Waals surface area contributed by atoms with Gasteiger partial charge in [-0.1, -0.05) is 23.7 Å². The molecule has 0 unspecified atom stereocenters. The Morgan fingerprint density at radius 3 is 2.52 bits per heavy atom. The third-order valence-electron chi connectivity index (χ3n) is 5.13. The van der Waals surface area contributed by atoms with E-state index in [-0.39, 0.29) is 21.5 Å². The van der Waals surface area contributed by atoms with E-state index >= 15 is 0 Å². The van der Waals surface area contributed by atoms with E-state index in [9.17, 15) is 27.6 Å². The molecule has 1 saturated heterocycles. The van der Waals surface area contributed by atoms with Gasteiger partial charge in [-0.05, 0) is 47.5 Å². The third-order valence-corrected chi connectivity index (χ3v) is 5.38. The second-order valence-electron chi connectivity index (χ2n) is 7.13. The van der Waals surface area contributed by atoms with Crippen LogP contribution in [-0.4, -0.2) is 34.2 Å². The maximum atomic E-state index is 13.9. The van der Waals surface area contributed by atoms with Crippen molar-refractivity contribution < 1.29 is 27.6 Å². The summed E-state index contributed by atoms with van der Waals surface area (Å²) in [5.74, 6) is -2.25. The van der Waals surface area contributed by atoms with Crippen molar-refractivity contribution in [2.75, 3.05) is 6.54 Å². The highest BCUT2D eigenvalue weighted by molar-refractivity contribution is 6.30. The van der Waals surface area contributed by atoms with Gasteiger partial charge < -0.3 is 10.6 Å². The number of aromatic nitrogens is 2. The zero-order valence-corrected chi connectivity index (χ0v) is 17.4. The summed E-state index contributed by atoms with van der Waals surface area (Å²) in [5, 5.41) is 10.7. The predicted octanol–water partition coefficient (Wildman–Crippen LogP) is 3.20. The summed E-state index contributed by atoms with van der Waals surface area (Å²) in [6.45, 7) is -3.67. The van der Waals surface area contributed by atoms with E-state index < -0.39 is 42.3 Å². The van der Waals surface area contributed by atoms with Gasteiger partial charge in [-0.15, -0.1) is 0 Å². The fraction of sp³-hybridized carbons (Fsp3) is 0.143. The Hall–Kier alpha value is -3.86. The maximum absolute atomic E-state index is 13.9. The van der Waals surface area contributed by atoms with E-state index in [1.807, 2.05) is 5.32 Å². The van der Waals surface area contributed by atoms with Crippen LogP contribution in [0.2, 0.25) is 5.02 Å². The highest BCUT2D eigenvalue weighted by Gasteiger charge is 2.50. The number of imide groups is 1. The van der Waals surface area contributed by atoms with Crippen molar-refractivity contribution in [3.05, 3.63) is 76.8 Å². The van der Waals surface area contributed by atoms with Gasteiger partial charge >= 0.3 is 12.6 Å². The first-order chi connectivity index (χ1) is 15.7. The zero-order chi connectivity index (χ0) is 23.8. The molecule has 2 aromatic carbocycles. The average Bonchev–Trinajstić information content (AvgIpc) is 3.37. The lowest BCUT2D eigenvalue weighted by Gasteiger charge is -2.27. The molecule has 2 heterocycles. The normalized spacial score (nSPS) is 17.7. The minimum Gasteiger partial charge on any atom is -0.349 e. The number of urea groups is 1. The standard InChI is InChI=1S/C21H15ClF3N5O3/c22-12-3-1-11(2-4-12)15-9-13(23)5-6-14(15)17(31)26-10-21(18(32)28-20(33)29-21)16-7-8-27-30(16)19(24)25/h1-9,19H,10H2,(H,26,31)(H2,28,29,32,33)/t21-/m1/s1. The van der Waals surface area contributed by atoms with Crippen molar-refractivity contribution in [2.24, 2.45) is 0 Å². The number of amides is 4. The molecule has 1 fully saturated rings. The van der Waals surface area contributed by atoms with Crippen LogP contribution in [0.25, 0.3) is 11.1 Å². The molecule has 1 aliphatic heterocycles. The molecule has 0 bridgehead atoms. The quantitative estimate of drug-likeness (QED) is 0.474. The van der Waals surface area contributed by atoms with Crippen molar-refractivity contribution in [1.29, 1.82) is 0 Å². The van der Waals surface area contributed by atoms with E-state index in [4.69, 9.17) is 11.6 Å². The molecule has 170 valence electrons. The van der Waals surface area contributed by atoms with Gasteiger partial charge in [0.15, 0.2) is 5.54 Å². The molecule has 33 heavy (non-hydrogen) atoms. The molecule has 1 atom stereocenters. The number of nitrogens with one attached hydrogen (secondary N) is 3. The van der Waals surface area contributed by atoms with E-state index in [0.29, 0.717) is 10.6 Å². The molecule has 1 aliphatic rings. The number of hydrogen-bond acceptors (Lipinski definition) is 4. The Bertz CT molecular complexity index is 1250. The third kappa shape index (κ3) is 4.14. The molecule has 12 heteroatoms. The van der Waals surface area contributed by atoms with Gasteiger partial charge in [-0.25, -0.2) is 13.9 Å². The van der Waals surface area contributed by atoms with Gasteiger partial charge in [-0.2, -0.15) is 13.9 Å². The highest BCUT2D eigenvalue weighted by Crippen LogP contribution is 2.29. The lowest BCUT2D eigenvalue weighted by molar-refractivity contribution is -0.124. The fourth-order valence-electron chi connectivity index (χ4n) is 3.59. The molecular formula is C21H15ClF3N5O3.